The number of hydrogen-bond acceptors (Lipinski definition) is 1. The van der Waals surface area contributed by atoms with Crippen molar-refractivity contribution in [3.63, 3.8) is 0 Å². The molecule has 0 radical (unpaired) electrons. The standard InChI is InChI=1S/C18H37N/c1-5-6-7-8-9-10-13-18(3,4)16-12-11-15(2)14-17(16)19/h15-17H,5-14,19H2,1-4H3. The molecule has 1 rings (SSSR count). The van der Waals surface area contributed by atoms with Crippen molar-refractivity contribution in [3.05, 3.63) is 0 Å². The van der Waals surface area contributed by atoms with Crippen molar-refractivity contribution < 1.29 is 0 Å². The zero-order chi connectivity index (χ0) is 14.3. The molecule has 1 aliphatic rings. The van der Waals surface area contributed by atoms with E-state index in [-0.39, 0.29) is 0 Å². The summed E-state index contributed by atoms with van der Waals surface area (Å²) in [4.78, 5) is 0. The minimum atomic E-state index is 0.443. The molecule has 19 heavy (non-hydrogen) atoms. The zero-order valence-electron chi connectivity index (χ0n) is 13.9. The van der Waals surface area contributed by atoms with Gasteiger partial charge in [0.25, 0.3) is 0 Å². The van der Waals surface area contributed by atoms with Gasteiger partial charge in [0.15, 0.2) is 0 Å². The van der Waals surface area contributed by atoms with Gasteiger partial charge in [0.2, 0.25) is 0 Å². The van der Waals surface area contributed by atoms with Gasteiger partial charge < -0.3 is 5.73 Å². The highest BCUT2D eigenvalue weighted by molar-refractivity contribution is 4.90. The molecule has 0 aromatic carbocycles. The molecule has 114 valence electrons. The second-order valence-corrected chi connectivity index (χ2v) is 7.69. The van der Waals surface area contributed by atoms with E-state index in [9.17, 15) is 0 Å². The van der Waals surface area contributed by atoms with Crippen molar-refractivity contribution >= 4 is 0 Å². The van der Waals surface area contributed by atoms with E-state index < -0.39 is 0 Å². The Kier molecular flexibility index (Phi) is 7.42. The average Bonchev–Trinajstić information content (AvgIpc) is 2.33. The van der Waals surface area contributed by atoms with E-state index in [0.717, 1.165) is 11.8 Å². The Bertz CT molecular complexity index is 234. The third kappa shape index (κ3) is 5.85. The smallest absolute Gasteiger partial charge is 0.00747 e. The van der Waals surface area contributed by atoms with Crippen LogP contribution in [0.25, 0.3) is 0 Å². The first-order chi connectivity index (χ1) is 8.97. The minimum absolute atomic E-state index is 0.443. The Balaban J connectivity index is 2.26. The Morgan fingerprint density at radius 2 is 1.63 bits per heavy atom. The van der Waals surface area contributed by atoms with E-state index in [4.69, 9.17) is 5.73 Å². The lowest BCUT2D eigenvalue weighted by atomic mass is 9.65. The fraction of sp³-hybridized carbons (Fsp3) is 1.00. The lowest BCUT2D eigenvalue weighted by Gasteiger charge is -2.43. The summed E-state index contributed by atoms with van der Waals surface area (Å²) < 4.78 is 0. The maximum absolute atomic E-state index is 6.43. The van der Waals surface area contributed by atoms with E-state index in [1.807, 2.05) is 0 Å². The van der Waals surface area contributed by atoms with E-state index in [1.165, 1.54) is 64.2 Å². The summed E-state index contributed by atoms with van der Waals surface area (Å²) in [7, 11) is 0. The topological polar surface area (TPSA) is 26.0 Å². The summed E-state index contributed by atoms with van der Waals surface area (Å²) in [6.45, 7) is 9.56. The summed E-state index contributed by atoms with van der Waals surface area (Å²) >= 11 is 0. The molecule has 1 fully saturated rings. The van der Waals surface area contributed by atoms with Gasteiger partial charge in [0.05, 0.1) is 0 Å². The van der Waals surface area contributed by atoms with Crippen LogP contribution in [-0.4, -0.2) is 6.04 Å². The first kappa shape index (κ1) is 17.0. The third-order valence-corrected chi connectivity index (χ3v) is 5.34. The highest BCUT2D eigenvalue weighted by Gasteiger charge is 2.36. The first-order valence-electron chi connectivity index (χ1n) is 8.73. The monoisotopic (exact) mass is 267 g/mol. The van der Waals surface area contributed by atoms with E-state index in [0.29, 0.717) is 11.5 Å². The molecule has 3 atom stereocenters. The van der Waals surface area contributed by atoms with Crippen LogP contribution in [0.2, 0.25) is 0 Å². The molecule has 1 nitrogen and oxygen atoms in total. The van der Waals surface area contributed by atoms with Crippen molar-refractivity contribution in [1.82, 2.24) is 0 Å². The summed E-state index contributed by atoms with van der Waals surface area (Å²) in [5.41, 5.74) is 6.87. The Morgan fingerprint density at radius 1 is 1.00 bits per heavy atom. The Hall–Kier alpha value is -0.0400. The SMILES string of the molecule is CCCCCCCCC(C)(C)C1CCC(C)CC1N. The van der Waals surface area contributed by atoms with Crippen molar-refractivity contribution in [3.8, 4) is 0 Å². The summed E-state index contributed by atoms with van der Waals surface area (Å²) in [5.74, 6) is 1.59. The van der Waals surface area contributed by atoms with Crippen LogP contribution in [0.15, 0.2) is 0 Å². The summed E-state index contributed by atoms with van der Waals surface area (Å²) in [5, 5.41) is 0. The molecule has 0 saturated heterocycles. The molecular weight excluding hydrogens is 230 g/mol. The minimum Gasteiger partial charge on any atom is -0.327 e. The van der Waals surface area contributed by atoms with Crippen LogP contribution in [0.5, 0.6) is 0 Å². The Morgan fingerprint density at radius 3 is 2.26 bits per heavy atom. The lowest BCUT2D eigenvalue weighted by molar-refractivity contribution is 0.102. The van der Waals surface area contributed by atoms with Crippen molar-refractivity contribution in [2.24, 2.45) is 23.0 Å². The fourth-order valence-corrected chi connectivity index (χ4v) is 3.94. The Labute approximate surface area is 121 Å². The molecule has 3 unspecified atom stereocenters. The molecule has 0 aromatic heterocycles. The number of unbranched alkanes of at least 4 members (excludes halogenated alkanes) is 5. The first-order valence-corrected chi connectivity index (χ1v) is 8.73. The molecule has 1 aliphatic carbocycles. The lowest BCUT2D eigenvalue weighted by Crippen LogP contribution is -2.43. The molecule has 0 amide bonds. The van der Waals surface area contributed by atoms with Crippen LogP contribution in [0.4, 0.5) is 0 Å². The zero-order valence-corrected chi connectivity index (χ0v) is 13.9. The fourth-order valence-electron chi connectivity index (χ4n) is 3.94. The van der Waals surface area contributed by atoms with Crippen LogP contribution >= 0.6 is 0 Å². The highest BCUT2D eigenvalue weighted by atomic mass is 14.7. The second-order valence-electron chi connectivity index (χ2n) is 7.69. The number of hydrogen-bond donors (Lipinski definition) is 1. The van der Waals surface area contributed by atoms with Gasteiger partial charge in [0.1, 0.15) is 0 Å². The molecule has 1 saturated carbocycles. The predicted molar refractivity (Wildman–Crippen MR) is 86.3 cm³/mol. The van der Waals surface area contributed by atoms with Gasteiger partial charge in [-0.1, -0.05) is 72.6 Å². The van der Waals surface area contributed by atoms with Gasteiger partial charge in [-0.05, 0) is 36.5 Å². The predicted octanol–water partition coefficient (Wildman–Crippen LogP) is 5.53. The van der Waals surface area contributed by atoms with Crippen molar-refractivity contribution in [1.29, 1.82) is 0 Å². The highest BCUT2D eigenvalue weighted by Crippen LogP contribution is 2.42. The van der Waals surface area contributed by atoms with E-state index in [1.54, 1.807) is 0 Å². The summed E-state index contributed by atoms with van der Waals surface area (Å²) in [6.07, 6.45) is 13.8. The van der Waals surface area contributed by atoms with Gasteiger partial charge in [-0.15, -0.1) is 0 Å². The van der Waals surface area contributed by atoms with Gasteiger partial charge in [-0.2, -0.15) is 0 Å². The normalized spacial score (nSPS) is 28.6. The molecule has 0 aliphatic heterocycles. The molecule has 0 aromatic rings. The van der Waals surface area contributed by atoms with Gasteiger partial charge in [0, 0.05) is 6.04 Å². The van der Waals surface area contributed by atoms with Crippen LogP contribution in [-0.2, 0) is 0 Å². The molecule has 2 N–H and O–H groups in total. The van der Waals surface area contributed by atoms with Gasteiger partial charge >= 0.3 is 0 Å². The second kappa shape index (κ2) is 8.29. The van der Waals surface area contributed by atoms with Crippen LogP contribution in [0, 0.1) is 17.3 Å². The average molecular weight is 268 g/mol. The van der Waals surface area contributed by atoms with Gasteiger partial charge in [-0.25, -0.2) is 0 Å². The van der Waals surface area contributed by atoms with Crippen LogP contribution in [0.3, 0.4) is 0 Å². The molecular formula is C18H37N. The maximum atomic E-state index is 6.43. The van der Waals surface area contributed by atoms with Crippen LogP contribution < -0.4 is 5.73 Å². The number of rotatable bonds is 8. The van der Waals surface area contributed by atoms with E-state index >= 15 is 0 Å². The van der Waals surface area contributed by atoms with Crippen molar-refractivity contribution in [2.75, 3.05) is 0 Å². The third-order valence-electron chi connectivity index (χ3n) is 5.34. The molecule has 0 spiro atoms. The molecule has 1 heteroatoms. The quantitative estimate of drug-likeness (QED) is 0.575. The molecule has 0 heterocycles. The number of nitrogens with two attached hydrogens (primary N) is 1. The van der Waals surface area contributed by atoms with E-state index in [2.05, 4.69) is 27.7 Å². The van der Waals surface area contributed by atoms with Gasteiger partial charge in [-0.3, -0.25) is 0 Å². The van der Waals surface area contributed by atoms with Crippen molar-refractivity contribution in [2.45, 2.75) is 97.9 Å². The maximum Gasteiger partial charge on any atom is 0.00747 e. The van der Waals surface area contributed by atoms with Crippen LogP contribution in [0.1, 0.15) is 91.9 Å². The largest absolute Gasteiger partial charge is 0.327 e. The molecule has 0 bridgehead atoms. The summed E-state index contributed by atoms with van der Waals surface area (Å²) in [6, 6.07) is 0.443.